The van der Waals surface area contributed by atoms with Crippen LogP contribution in [0.25, 0.3) is 0 Å². The van der Waals surface area contributed by atoms with E-state index in [0.717, 1.165) is 37.9 Å². The zero-order valence-electron chi connectivity index (χ0n) is 12.1. The lowest BCUT2D eigenvalue weighted by Gasteiger charge is -2.13. The number of hydrogen-bond acceptors (Lipinski definition) is 3. The lowest BCUT2D eigenvalue weighted by atomic mass is 10.2. The van der Waals surface area contributed by atoms with Crippen LogP contribution in [0.15, 0.2) is 23.5 Å². The molecule has 0 saturated heterocycles. The van der Waals surface area contributed by atoms with Crippen molar-refractivity contribution in [2.75, 3.05) is 31.6 Å². The predicted molar refractivity (Wildman–Crippen MR) is 83.8 cm³/mol. The van der Waals surface area contributed by atoms with E-state index in [1.165, 1.54) is 0 Å². The third kappa shape index (κ3) is 7.10. The smallest absolute Gasteiger partial charge is 0.191 e. The molecule has 1 unspecified atom stereocenters. The third-order valence-electron chi connectivity index (χ3n) is 2.56. The fraction of sp³-hybridized carbons (Fsp3) is 0.692. The summed E-state index contributed by atoms with van der Waals surface area (Å²) < 4.78 is 1.95. The Balaban J connectivity index is 2.35. The molecular formula is C13H25N5S. The highest BCUT2D eigenvalue weighted by molar-refractivity contribution is 7.98. The van der Waals surface area contributed by atoms with Gasteiger partial charge in [-0.25, -0.2) is 0 Å². The molecule has 0 aliphatic carbocycles. The number of nitrogens with one attached hydrogen (secondary N) is 2. The van der Waals surface area contributed by atoms with Crippen molar-refractivity contribution >= 4 is 17.7 Å². The van der Waals surface area contributed by atoms with Crippen molar-refractivity contribution in [3.63, 3.8) is 0 Å². The Labute approximate surface area is 120 Å². The molecule has 0 fully saturated rings. The van der Waals surface area contributed by atoms with Crippen molar-refractivity contribution in [2.24, 2.45) is 10.9 Å². The Hall–Kier alpha value is -1.17. The van der Waals surface area contributed by atoms with Gasteiger partial charge in [0, 0.05) is 44.3 Å². The van der Waals surface area contributed by atoms with E-state index < -0.39 is 0 Å². The van der Waals surface area contributed by atoms with Gasteiger partial charge in [0.2, 0.25) is 0 Å². The summed E-state index contributed by atoms with van der Waals surface area (Å²) in [7, 11) is 0. The maximum absolute atomic E-state index is 4.61. The fourth-order valence-corrected chi connectivity index (χ4v) is 1.95. The van der Waals surface area contributed by atoms with E-state index in [4.69, 9.17) is 0 Å². The second-order valence-electron chi connectivity index (χ2n) is 4.47. The van der Waals surface area contributed by atoms with Gasteiger partial charge in [0.05, 0.1) is 0 Å². The maximum atomic E-state index is 4.61. The van der Waals surface area contributed by atoms with E-state index in [9.17, 15) is 0 Å². The van der Waals surface area contributed by atoms with Gasteiger partial charge in [-0.2, -0.15) is 16.9 Å². The molecule has 1 heterocycles. The quantitative estimate of drug-likeness (QED) is 0.431. The Morgan fingerprint density at radius 3 is 2.95 bits per heavy atom. The van der Waals surface area contributed by atoms with Crippen molar-refractivity contribution in [3.05, 3.63) is 18.5 Å². The molecule has 1 aromatic heterocycles. The summed E-state index contributed by atoms with van der Waals surface area (Å²) >= 11 is 1.83. The van der Waals surface area contributed by atoms with Crippen molar-refractivity contribution in [1.82, 2.24) is 20.4 Å². The van der Waals surface area contributed by atoms with E-state index >= 15 is 0 Å². The third-order valence-corrected chi connectivity index (χ3v) is 3.17. The molecule has 5 nitrogen and oxygen atoms in total. The number of rotatable bonds is 8. The van der Waals surface area contributed by atoms with E-state index in [1.807, 2.05) is 34.9 Å². The number of nitrogens with zero attached hydrogens (tertiary/aromatic N) is 3. The minimum atomic E-state index is 0.468. The summed E-state index contributed by atoms with van der Waals surface area (Å²) in [5.41, 5.74) is 0. The zero-order chi connectivity index (χ0) is 13.9. The van der Waals surface area contributed by atoms with Crippen molar-refractivity contribution in [1.29, 1.82) is 0 Å². The van der Waals surface area contributed by atoms with Gasteiger partial charge in [0.15, 0.2) is 5.96 Å². The van der Waals surface area contributed by atoms with Crippen LogP contribution in [0, 0.1) is 5.92 Å². The SMILES string of the molecule is CCNC(=NCC(C)Cn1cccn1)NCCSC. The Morgan fingerprint density at radius 1 is 1.47 bits per heavy atom. The van der Waals surface area contributed by atoms with E-state index in [1.54, 1.807) is 0 Å². The van der Waals surface area contributed by atoms with Crippen LogP contribution >= 0.6 is 11.8 Å². The lowest BCUT2D eigenvalue weighted by molar-refractivity contribution is 0.458. The first-order valence-electron chi connectivity index (χ1n) is 6.74. The Morgan fingerprint density at radius 2 is 2.32 bits per heavy atom. The summed E-state index contributed by atoms with van der Waals surface area (Å²) in [5.74, 6) is 2.47. The van der Waals surface area contributed by atoms with Gasteiger partial charge in [-0.15, -0.1) is 0 Å². The molecule has 108 valence electrons. The fourth-order valence-electron chi connectivity index (χ4n) is 1.65. The minimum Gasteiger partial charge on any atom is -0.357 e. The van der Waals surface area contributed by atoms with Gasteiger partial charge in [0.25, 0.3) is 0 Å². The second kappa shape index (κ2) is 9.72. The van der Waals surface area contributed by atoms with Crippen LogP contribution in [-0.2, 0) is 6.54 Å². The van der Waals surface area contributed by atoms with Gasteiger partial charge in [-0.05, 0) is 25.2 Å². The van der Waals surface area contributed by atoms with Gasteiger partial charge in [-0.3, -0.25) is 9.67 Å². The highest BCUT2D eigenvalue weighted by Gasteiger charge is 2.03. The maximum Gasteiger partial charge on any atom is 0.191 e. The molecule has 0 aliphatic heterocycles. The highest BCUT2D eigenvalue weighted by Crippen LogP contribution is 2.00. The molecule has 0 radical (unpaired) electrons. The molecule has 0 aliphatic rings. The van der Waals surface area contributed by atoms with E-state index in [-0.39, 0.29) is 0 Å². The van der Waals surface area contributed by atoms with Crippen molar-refractivity contribution in [2.45, 2.75) is 20.4 Å². The molecule has 1 atom stereocenters. The molecule has 1 rings (SSSR count). The number of guanidine groups is 1. The van der Waals surface area contributed by atoms with Crippen LogP contribution in [0.1, 0.15) is 13.8 Å². The van der Waals surface area contributed by atoms with Gasteiger partial charge in [0.1, 0.15) is 0 Å². The molecule has 0 bridgehead atoms. The number of aliphatic imine (C=N–C) groups is 1. The number of thioether (sulfide) groups is 1. The highest BCUT2D eigenvalue weighted by atomic mass is 32.2. The van der Waals surface area contributed by atoms with E-state index in [0.29, 0.717) is 5.92 Å². The van der Waals surface area contributed by atoms with Crippen LogP contribution in [0.2, 0.25) is 0 Å². The molecule has 0 saturated carbocycles. The molecule has 0 spiro atoms. The standard InChI is InChI=1S/C13H25N5S/c1-4-14-13(15-7-9-19-3)16-10-12(2)11-18-8-5-6-17-18/h5-6,8,12H,4,7,9-11H2,1-3H3,(H2,14,15,16). The van der Waals surface area contributed by atoms with Crippen molar-refractivity contribution < 1.29 is 0 Å². The zero-order valence-corrected chi connectivity index (χ0v) is 12.9. The first-order chi connectivity index (χ1) is 9.26. The van der Waals surface area contributed by atoms with Crippen LogP contribution in [0.3, 0.4) is 0 Å². The van der Waals surface area contributed by atoms with Crippen LogP contribution in [0.5, 0.6) is 0 Å². The van der Waals surface area contributed by atoms with Gasteiger partial charge >= 0.3 is 0 Å². The second-order valence-corrected chi connectivity index (χ2v) is 5.46. The van der Waals surface area contributed by atoms with Gasteiger partial charge < -0.3 is 10.6 Å². The summed E-state index contributed by atoms with van der Waals surface area (Å²) in [4.78, 5) is 4.61. The molecule has 0 amide bonds. The molecular weight excluding hydrogens is 258 g/mol. The van der Waals surface area contributed by atoms with Crippen LogP contribution in [-0.4, -0.2) is 47.4 Å². The first kappa shape index (κ1) is 15.9. The monoisotopic (exact) mass is 283 g/mol. The topological polar surface area (TPSA) is 54.2 Å². The molecule has 0 aromatic carbocycles. The number of aromatic nitrogens is 2. The lowest BCUT2D eigenvalue weighted by Crippen LogP contribution is -2.38. The average Bonchev–Trinajstić information content (AvgIpc) is 2.89. The molecule has 19 heavy (non-hydrogen) atoms. The molecule has 6 heteroatoms. The number of hydrogen-bond donors (Lipinski definition) is 2. The first-order valence-corrected chi connectivity index (χ1v) is 8.14. The van der Waals surface area contributed by atoms with Crippen LogP contribution in [0.4, 0.5) is 0 Å². The summed E-state index contributed by atoms with van der Waals surface area (Å²) in [5, 5.41) is 10.8. The van der Waals surface area contributed by atoms with Gasteiger partial charge in [-0.1, -0.05) is 6.92 Å². The Bertz CT molecular complexity index is 350. The minimum absolute atomic E-state index is 0.468. The predicted octanol–water partition coefficient (Wildman–Crippen LogP) is 1.44. The Kier molecular flexibility index (Phi) is 8.13. The van der Waals surface area contributed by atoms with E-state index in [2.05, 4.69) is 40.8 Å². The molecule has 1 aromatic rings. The van der Waals surface area contributed by atoms with Crippen molar-refractivity contribution in [3.8, 4) is 0 Å². The van der Waals surface area contributed by atoms with Crippen LogP contribution < -0.4 is 10.6 Å². The normalized spacial score (nSPS) is 13.3. The summed E-state index contributed by atoms with van der Waals surface area (Å²) in [6, 6.07) is 1.95. The molecule has 2 N–H and O–H groups in total. The average molecular weight is 283 g/mol. The largest absolute Gasteiger partial charge is 0.357 e. The summed E-state index contributed by atoms with van der Waals surface area (Å²) in [6.45, 7) is 7.81. The summed E-state index contributed by atoms with van der Waals surface area (Å²) in [6.07, 6.45) is 5.91.